The topological polar surface area (TPSA) is 80.4 Å². The van der Waals surface area contributed by atoms with Gasteiger partial charge in [-0.15, -0.1) is 12.4 Å². The Labute approximate surface area is 104 Å². The van der Waals surface area contributed by atoms with Crippen LogP contribution in [0.2, 0.25) is 10.0 Å². The summed E-state index contributed by atoms with van der Waals surface area (Å²) in [6.07, 6.45) is 0. The second-order valence-corrected chi connectivity index (χ2v) is 3.20. The molecule has 1 rings (SSSR count). The zero-order valence-electron chi connectivity index (χ0n) is 7.24. The van der Waals surface area contributed by atoms with Gasteiger partial charge in [0.2, 0.25) is 0 Å². The molecule has 5 nitrogen and oxygen atoms in total. The van der Waals surface area contributed by atoms with Crippen molar-refractivity contribution in [3.8, 4) is 0 Å². The van der Waals surface area contributed by atoms with Gasteiger partial charge < -0.3 is 5.11 Å². The monoisotopic (exact) mass is 289 g/mol. The number of aromatic carboxylic acids is 1. The van der Waals surface area contributed by atoms with Crippen molar-refractivity contribution >= 4 is 47.3 Å². The van der Waals surface area contributed by atoms with Crippen molar-refractivity contribution in [2.24, 2.45) is 0 Å². The van der Waals surface area contributed by atoms with Gasteiger partial charge >= 0.3 is 11.7 Å². The van der Waals surface area contributed by atoms with Crippen molar-refractivity contribution in [2.45, 2.75) is 0 Å². The lowest BCUT2D eigenvalue weighted by molar-refractivity contribution is -0.384. The van der Waals surface area contributed by atoms with Crippen LogP contribution >= 0.6 is 35.6 Å². The molecule has 0 bridgehead atoms. The van der Waals surface area contributed by atoms with Crippen molar-refractivity contribution in [2.75, 3.05) is 0 Å². The fourth-order valence-corrected chi connectivity index (χ4v) is 1.47. The average molecular weight is 290 g/mol. The Balaban J connectivity index is 0.00000225. The van der Waals surface area contributed by atoms with Crippen LogP contribution in [0.25, 0.3) is 0 Å². The fraction of sp³-hybridized carbons (Fsp3) is 0. The summed E-state index contributed by atoms with van der Waals surface area (Å²) in [6.45, 7) is 0. The summed E-state index contributed by atoms with van der Waals surface area (Å²) in [6, 6.07) is 0.528. The maximum absolute atomic E-state index is 13.0. The van der Waals surface area contributed by atoms with Gasteiger partial charge in [-0.25, -0.2) is 9.18 Å². The van der Waals surface area contributed by atoms with Gasteiger partial charge in [0.05, 0.1) is 10.5 Å². The number of nitro groups is 1. The maximum Gasteiger partial charge on any atom is 0.337 e. The predicted octanol–water partition coefficient (Wildman–Crippen LogP) is 3.16. The molecule has 16 heavy (non-hydrogen) atoms. The molecule has 0 unspecified atom stereocenters. The van der Waals surface area contributed by atoms with Crippen LogP contribution in [0.4, 0.5) is 10.1 Å². The van der Waals surface area contributed by atoms with Gasteiger partial charge in [0, 0.05) is 0 Å². The first kappa shape index (κ1) is 14.9. The van der Waals surface area contributed by atoms with Gasteiger partial charge in [0.25, 0.3) is 0 Å². The van der Waals surface area contributed by atoms with Gasteiger partial charge in [-0.1, -0.05) is 23.2 Å². The smallest absolute Gasteiger partial charge is 0.337 e. The normalized spacial score (nSPS) is 9.44. The molecule has 0 atom stereocenters. The van der Waals surface area contributed by atoms with Crippen LogP contribution in [-0.4, -0.2) is 16.0 Å². The van der Waals surface area contributed by atoms with E-state index in [-0.39, 0.29) is 12.4 Å². The molecule has 0 spiro atoms. The minimum absolute atomic E-state index is 0. The SMILES string of the molecule is Cl.O=C(O)c1cc(F)c(Cl)c([N+](=O)[O-])c1Cl. The Hall–Kier alpha value is -1.11. The summed E-state index contributed by atoms with van der Waals surface area (Å²) in [4.78, 5) is 19.9. The standard InChI is InChI=1S/C7H2Cl2FNO4.ClH/c8-4-2(7(12)13)1-3(10)5(9)6(4)11(14)15;/h1H,(H,12,13);1H. The zero-order chi connectivity index (χ0) is 11.7. The van der Waals surface area contributed by atoms with Crippen LogP contribution in [0.1, 0.15) is 10.4 Å². The first-order valence-electron chi connectivity index (χ1n) is 3.41. The lowest BCUT2D eigenvalue weighted by Gasteiger charge is -2.02. The molecule has 0 heterocycles. The van der Waals surface area contributed by atoms with Crippen LogP contribution < -0.4 is 0 Å². The van der Waals surface area contributed by atoms with Crippen molar-refractivity contribution in [1.82, 2.24) is 0 Å². The van der Waals surface area contributed by atoms with E-state index in [9.17, 15) is 19.3 Å². The summed E-state index contributed by atoms with van der Waals surface area (Å²) in [5.74, 6) is -2.77. The summed E-state index contributed by atoms with van der Waals surface area (Å²) >= 11 is 10.7. The van der Waals surface area contributed by atoms with Gasteiger partial charge in [-0.05, 0) is 6.07 Å². The third-order valence-corrected chi connectivity index (χ3v) is 2.29. The van der Waals surface area contributed by atoms with E-state index in [4.69, 9.17) is 28.3 Å². The highest BCUT2D eigenvalue weighted by Gasteiger charge is 2.27. The van der Waals surface area contributed by atoms with Crippen molar-refractivity contribution in [3.05, 3.63) is 37.6 Å². The highest BCUT2D eigenvalue weighted by molar-refractivity contribution is 6.40. The van der Waals surface area contributed by atoms with Crippen molar-refractivity contribution < 1.29 is 19.2 Å². The molecule has 0 amide bonds. The summed E-state index contributed by atoms with van der Waals surface area (Å²) in [5, 5.41) is 17.5. The number of hydrogen-bond acceptors (Lipinski definition) is 3. The summed E-state index contributed by atoms with van der Waals surface area (Å²) in [5.41, 5.74) is -1.65. The van der Waals surface area contributed by atoms with Gasteiger partial charge in [-0.2, -0.15) is 0 Å². The van der Waals surface area contributed by atoms with Crippen molar-refractivity contribution in [3.63, 3.8) is 0 Å². The molecule has 1 aromatic carbocycles. The molecule has 0 aliphatic heterocycles. The van der Waals surface area contributed by atoms with E-state index >= 15 is 0 Å². The molecular weight excluding hydrogens is 287 g/mol. The highest BCUT2D eigenvalue weighted by Crippen LogP contribution is 2.37. The third-order valence-electron chi connectivity index (χ3n) is 1.55. The molecule has 0 radical (unpaired) electrons. The minimum atomic E-state index is -1.57. The second-order valence-electron chi connectivity index (χ2n) is 2.44. The lowest BCUT2D eigenvalue weighted by atomic mass is 10.2. The second kappa shape index (κ2) is 5.29. The number of halogens is 4. The number of nitro benzene ring substituents is 1. The van der Waals surface area contributed by atoms with Gasteiger partial charge in [0.1, 0.15) is 10.8 Å². The number of rotatable bonds is 2. The molecule has 0 aliphatic carbocycles. The molecule has 0 saturated heterocycles. The van der Waals surface area contributed by atoms with E-state index in [0.29, 0.717) is 6.07 Å². The number of carboxylic acid groups (broad SMARTS) is 1. The van der Waals surface area contributed by atoms with E-state index in [0.717, 1.165) is 0 Å². The average Bonchev–Trinajstić information content (AvgIpc) is 2.10. The Morgan fingerprint density at radius 1 is 1.44 bits per heavy atom. The largest absolute Gasteiger partial charge is 0.478 e. The van der Waals surface area contributed by atoms with E-state index in [1.54, 1.807) is 0 Å². The first-order valence-corrected chi connectivity index (χ1v) is 4.17. The van der Waals surface area contributed by atoms with E-state index in [2.05, 4.69) is 0 Å². The molecule has 0 aliphatic rings. The fourth-order valence-electron chi connectivity index (χ4n) is 0.906. The van der Waals surface area contributed by atoms with Crippen molar-refractivity contribution in [1.29, 1.82) is 0 Å². The molecule has 1 aromatic rings. The van der Waals surface area contributed by atoms with E-state index in [1.165, 1.54) is 0 Å². The molecular formula is C7H3Cl3FNO4. The summed E-state index contributed by atoms with van der Waals surface area (Å²) < 4.78 is 13.0. The number of carboxylic acids is 1. The Morgan fingerprint density at radius 2 is 1.94 bits per heavy atom. The van der Waals surface area contributed by atoms with E-state index in [1.807, 2.05) is 0 Å². The van der Waals surface area contributed by atoms with Crippen LogP contribution in [0.5, 0.6) is 0 Å². The number of hydrogen-bond donors (Lipinski definition) is 1. The Morgan fingerprint density at radius 3 is 2.31 bits per heavy atom. The van der Waals surface area contributed by atoms with Crippen LogP contribution in [0, 0.1) is 15.9 Å². The molecule has 88 valence electrons. The first-order chi connectivity index (χ1) is 6.86. The third kappa shape index (κ3) is 2.52. The minimum Gasteiger partial charge on any atom is -0.478 e. The molecule has 1 N–H and O–H groups in total. The Kier molecular flexibility index (Phi) is 4.92. The lowest BCUT2D eigenvalue weighted by Crippen LogP contribution is -2.03. The molecule has 0 saturated carbocycles. The quantitative estimate of drug-likeness (QED) is 0.515. The maximum atomic E-state index is 13.0. The Bertz CT molecular complexity index is 465. The molecule has 0 aromatic heterocycles. The van der Waals surface area contributed by atoms with E-state index < -0.39 is 38.0 Å². The number of benzene rings is 1. The summed E-state index contributed by atoms with van der Waals surface area (Å²) in [7, 11) is 0. The van der Waals surface area contributed by atoms with Crippen LogP contribution in [0.3, 0.4) is 0 Å². The molecule has 9 heteroatoms. The van der Waals surface area contributed by atoms with Crippen LogP contribution in [0.15, 0.2) is 6.07 Å². The van der Waals surface area contributed by atoms with Gasteiger partial charge in [0.15, 0.2) is 5.02 Å². The van der Waals surface area contributed by atoms with Gasteiger partial charge in [-0.3, -0.25) is 10.1 Å². The highest BCUT2D eigenvalue weighted by atomic mass is 35.5. The van der Waals surface area contributed by atoms with Crippen LogP contribution in [-0.2, 0) is 0 Å². The number of carbonyl (C=O) groups is 1. The predicted molar refractivity (Wildman–Crippen MR) is 57.3 cm³/mol. The number of nitrogens with zero attached hydrogens (tertiary/aromatic N) is 1. The molecule has 0 fully saturated rings. The zero-order valence-corrected chi connectivity index (χ0v) is 9.57.